The maximum absolute atomic E-state index is 12.1. The fraction of sp³-hybridized carbons (Fsp3) is 0.545. The number of carbonyl (C=O) groups excluding carboxylic acids is 2. The van der Waals surface area contributed by atoms with E-state index in [1.54, 1.807) is 6.07 Å². The van der Waals surface area contributed by atoms with Crippen LogP contribution in [0.25, 0.3) is 6.08 Å². The number of esters is 1. The molecule has 154 valence electrons. The van der Waals surface area contributed by atoms with E-state index >= 15 is 0 Å². The average Bonchev–Trinajstić information content (AvgIpc) is 2.69. The van der Waals surface area contributed by atoms with E-state index in [1.807, 2.05) is 31.2 Å². The molecule has 0 bridgehead atoms. The van der Waals surface area contributed by atoms with Crippen molar-refractivity contribution in [3.63, 3.8) is 0 Å². The van der Waals surface area contributed by atoms with Gasteiger partial charge in [-0.05, 0) is 42.9 Å². The minimum absolute atomic E-state index is 0.145. The standard InChI is InChI=1S/C22H31NO5/c1-5-7-17-10-11-19(20(12-17)26-4)27-14-22(25)28-13-21(24)23-18-9-6-8-15(2)16(18)3/h5,7,10-12,15-16,18H,6,8-9,13-14H2,1-4H3,(H,23,24)/b7-5+/t15-,16+,18-/m1/s1. The van der Waals surface area contributed by atoms with Crippen LogP contribution in [0, 0.1) is 11.8 Å². The molecule has 28 heavy (non-hydrogen) atoms. The van der Waals surface area contributed by atoms with Crippen LogP contribution in [0.1, 0.15) is 45.6 Å². The second-order valence-electron chi connectivity index (χ2n) is 7.30. The first-order valence-electron chi connectivity index (χ1n) is 9.83. The molecule has 0 heterocycles. The van der Waals surface area contributed by atoms with Crippen LogP contribution in [-0.2, 0) is 14.3 Å². The first-order chi connectivity index (χ1) is 13.4. The summed E-state index contributed by atoms with van der Waals surface area (Å²) in [7, 11) is 1.54. The summed E-state index contributed by atoms with van der Waals surface area (Å²) in [5.74, 6) is 1.12. The van der Waals surface area contributed by atoms with Crippen molar-refractivity contribution in [1.82, 2.24) is 5.32 Å². The van der Waals surface area contributed by atoms with Crippen LogP contribution in [0.15, 0.2) is 24.3 Å². The number of carbonyl (C=O) groups is 2. The molecule has 1 aromatic rings. The Kier molecular flexibility index (Phi) is 8.36. The topological polar surface area (TPSA) is 73.9 Å². The summed E-state index contributed by atoms with van der Waals surface area (Å²) in [6.45, 7) is 5.71. The molecule has 0 unspecified atom stereocenters. The first-order valence-corrected chi connectivity index (χ1v) is 9.83. The second-order valence-corrected chi connectivity index (χ2v) is 7.30. The Morgan fingerprint density at radius 2 is 1.96 bits per heavy atom. The predicted molar refractivity (Wildman–Crippen MR) is 108 cm³/mol. The van der Waals surface area contributed by atoms with Gasteiger partial charge in [0.15, 0.2) is 24.7 Å². The Hall–Kier alpha value is -2.50. The molecule has 1 fully saturated rings. The van der Waals surface area contributed by atoms with Crippen LogP contribution in [0.4, 0.5) is 0 Å². The molecular formula is C22H31NO5. The number of methoxy groups -OCH3 is 1. The van der Waals surface area contributed by atoms with Gasteiger partial charge in [0.2, 0.25) is 0 Å². The zero-order chi connectivity index (χ0) is 20.5. The van der Waals surface area contributed by atoms with Crippen LogP contribution in [0.5, 0.6) is 11.5 Å². The van der Waals surface area contributed by atoms with Gasteiger partial charge in [0.05, 0.1) is 7.11 Å². The number of amides is 1. The Morgan fingerprint density at radius 3 is 2.68 bits per heavy atom. The van der Waals surface area contributed by atoms with Crippen LogP contribution in [-0.4, -0.2) is 38.2 Å². The quantitative estimate of drug-likeness (QED) is 0.688. The summed E-state index contributed by atoms with van der Waals surface area (Å²) in [4.78, 5) is 24.0. The van der Waals surface area contributed by atoms with Crippen LogP contribution in [0.3, 0.4) is 0 Å². The summed E-state index contributed by atoms with van der Waals surface area (Å²) in [6.07, 6.45) is 7.13. The highest BCUT2D eigenvalue weighted by Gasteiger charge is 2.28. The Bertz CT molecular complexity index is 700. The number of rotatable bonds is 8. The maximum atomic E-state index is 12.1. The van der Waals surface area contributed by atoms with E-state index in [4.69, 9.17) is 14.2 Å². The zero-order valence-electron chi connectivity index (χ0n) is 17.2. The third-order valence-electron chi connectivity index (χ3n) is 5.31. The molecule has 0 aromatic heterocycles. The summed E-state index contributed by atoms with van der Waals surface area (Å²) >= 11 is 0. The number of nitrogens with one attached hydrogen (secondary N) is 1. The molecule has 2 rings (SSSR count). The molecule has 0 spiro atoms. The minimum Gasteiger partial charge on any atom is -0.493 e. The first kappa shape index (κ1) is 21.8. The van der Waals surface area contributed by atoms with E-state index in [0.717, 1.165) is 18.4 Å². The molecular weight excluding hydrogens is 358 g/mol. The number of hydrogen-bond donors (Lipinski definition) is 1. The van der Waals surface area contributed by atoms with Crippen molar-refractivity contribution < 1.29 is 23.8 Å². The van der Waals surface area contributed by atoms with E-state index in [0.29, 0.717) is 23.3 Å². The van der Waals surface area contributed by atoms with Gasteiger partial charge in [-0.3, -0.25) is 4.79 Å². The van der Waals surface area contributed by atoms with Crippen molar-refractivity contribution in [2.24, 2.45) is 11.8 Å². The number of ether oxygens (including phenoxy) is 3. The lowest BCUT2D eigenvalue weighted by atomic mass is 9.78. The molecule has 0 aliphatic heterocycles. The lowest BCUT2D eigenvalue weighted by molar-refractivity contribution is -0.150. The Labute approximate surface area is 167 Å². The van der Waals surface area contributed by atoms with E-state index < -0.39 is 5.97 Å². The highest BCUT2D eigenvalue weighted by Crippen LogP contribution is 2.30. The second kappa shape index (κ2) is 10.7. The maximum Gasteiger partial charge on any atom is 0.344 e. The molecule has 6 nitrogen and oxygen atoms in total. The largest absolute Gasteiger partial charge is 0.493 e. The van der Waals surface area contributed by atoms with Gasteiger partial charge in [0.1, 0.15) is 0 Å². The van der Waals surface area contributed by atoms with Crippen LogP contribution >= 0.6 is 0 Å². The monoisotopic (exact) mass is 389 g/mol. The zero-order valence-corrected chi connectivity index (χ0v) is 17.2. The smallest absolute Gasteiger partial charge is 0.344 e. The SMILES string of the molecule is C/C=C/c1ccc(OCC(=O)OCC(=O)N[C@@H]2CCC[C@@H](C)[C@@H]2C)c(OC)c1. The summed E-state index contributed by atoms with van der Waals surface area (Å²) < 4.78 is 15.8. The predicted octanol–water partition coefficient (Wildman–Crippen LogP) is 3.59. The summed E-state index contributed by atoms with van der Waals surface area (Å²) in [6, 6.07) is 5.56. The third-order valence-corrected chi connectivity index (χ3v) is 5.31. The van der Waals surface area contributed by atoms with Gasteiger partial charge in [-0.2, -0.15) is 0 Å². The van der Waals surface area contributed by atoms with Crippen molar-refractivity contribution in [3.05, 3.63) is 29.8 Å². The number of allylic oxidation sites excluding steroid dienone is 1. The van der Waals surface area contributed by atoms with Gasteiger partial charge in [0, 0.05) is 6.04 Å². The number of benzene rings is 1. The average molecular weight is 389 g/mol. The molecule has 3 atom stereocenters. The van der Waals surface area contributed by atoms with Gasteiger partial charge < -0.3 is 19.5 Å². The lowest BCUT2D eigenvalue weighted by Crippen LogP contribution is -2.45. The molecule has 1 saturated carbocycles. The van der Waals surface area contributed by atoms with Crippen LogP contribution < -0.4 is 14.8 Å². The van der Waals surface area contributed by atoms with Crippen molar-refractivity contribution in [3.8, 4) is 11.5 Å². The van der Waals surface area contributed by atoms with E-state index in [2.05, 4.69) is 19.2 Å². The molecule has 6 heteroatoms. The van der Waals surface area contributed by atoms with Crippen molar-refractivity contribution in [2.45, 2.75) is 46.1 Å². The lowest BCUT2D eigenvalue weighted by Gasteiger charge is -2.34. The van der Waals surface area contributed by atoms with E-state index in [-0.39, 0.29) is 25.2 Å². The molecule has 1 amide bonds. The number of hydrogen-bond acceptors (Lipinski definition) is 5. The molecule has 1 aromatic carbocycles. The summed E-state index contributed by atoms with van der Waals surface area (Å²) in [5.41, 5.74) is 0.970. The van der Waals surface area contributed by atoms with Crippen molar-refractivity contribution in [2.75, 3.05) is 20.3 Å². The van der Waals surface area contributed by atoms with Gasteiger partial charge in [-0.15, -0.1) is 0 Å². The Balaban J connectivity index is 1.77. The van der Waals surface area contributed by atoms with Crippen molar-refractivity contribution in [1.29, 1.82) is 0 Å². The molecule has 1 N–H and O–H groups in total. The van der Waals surface area contributed by atoms with Crippen molar-refractivity contribution >= 4 is 18.0 Å². The fourth-order valence-corrected chi connectivity index (χ4v) is 3.46. The van der Waals surface area contributed by atoms with Crippen LogP contribution in [0.2, 0.25) is 0 Å². The molecule has 0 radical (unpaired) electrons. The highest BCUT2D eigenvalue weighted by molar-refractivity contribution is 5.81. The van der Waals surface area contributed by atoms with Gasteiger partial charge in [-0.1, -0.05) is 44.9 Å². The molecule has 1 aliphatic rings. The molecule has 0 saturated heterocycles. The van der Waals surface area contributed by atoms with Gasteiger partial charge in [-0.25, -0.2) is 4.79 Å². The normalized spacial score (nSPS) is 21.9. The van der Waals surface area contributed by atoms with E-state index in [9.17, 15) is 9.59 Å². The molecule has 1 aliphatic carbocycles. The highest BCUT2D eigenvalue weighted by atomic mass is 16.6. The fourth-order valence-electron chi connectivity index (χ4n) is 3.46. The van der Waals surface area contributed by atoms with E-state index in [1.165, 1.54) is 13.5 Å². The minimum atomic E-state index is -0.597. The Morgan fingerprint density at radius 1 is 1.18 bits per heavy atom. The van der Waals surface area contributed by atoms with Gasteiger partial charge >= 0.3 is 5.97 Å². The van der Waals surface area contributed by atoms with Gasteiger partial charge in [0.25, 0.3) is 5.91 Å². The summed E-state index contributed by atoms with van der Waals surface area (Å²) in [5, 5.41) is 2.98. The third kappa shape index (κ3) is 6.29.